The van der Waals surface area contributed by atoms with Gasteiger partial charge in [0.05, 0.1) is 11.1 Å². The Balaban J connectivity index is 1.46. The van der Waals surface area contributed by atoms with Crippen molar-refractivity contribution in [3.8, 4) is 11.3 Å². The van der Waals surface area contributed by atoms with Crippen LogP contribution < -0.4 is 0 Å². The molecule has 0 radical (unpaired) electrons. The van der Waals surface area contributed by atoms with E-state index in [9.17, 15) is 4.79 Å². The lowest BCUT2D eigenvalue weighted by molar-refractivity contribution is 0.102. The lowest BCUT2D eigenvalue weighted by Crippen LogP contribution is -2.13. The van der Waals surface area contributed by atoms with E-state index >= 15 is 0 Å². The van der Waals surface area contributed by atoms with Gasteiger partial charge in [0.2, 0.25) is 0 Å². The van der Waals surface area contributed by atoms with Crippen LogP contribution in [0.4, 0.5) is 0 Å². The number of rotatable bonds is 5. The van der Waals surface area contributed by atoms with Crippen molar-refractivity contribution in [2.24, 2.45) is 0 Å². The molecule has 1 aliphatic rings. The Morgan fingerprint density at radius 2 is 2.12 bits per heavy atom. The Bertz CT molecular complexity index is 959. The zero-order valence-corrected chi connectivity index (χ0v) is 15.8. The summed E-state index contributed by atoms with van der Waals surface area (Å²) in [5, 5.41) is 10.4. The van der Waals surface area contributed by atoms with Crippen LogP contribution in [0.5, 0.6) is 0 Å². The minimum Gasteiger partial charge on any atom is -0.294 e. The summed E-state index contributed by atoms with van der Waals surface area (Å²) in [5.41, 5.74) is 5.43. The molecule has 7 heteroatoms. The van der Waals surface area contributed by atoms with Gasteiger partial charge in [-0.2, -0.15) is 0 Å². The zero-order chi connectivity index (χ0) is 18.1. The van der Waals surface area contributed by atoms with E-state index in [0.717, 1.165) is 46.9 Å². The molecule has 0 aliphatic heterocycles. The number of thiophene rings is 1. The van der Waals surface area contributed by atoms with E-state index in [4.69, 9.17) is 4.98 Å². The highest BCUT2D eigenvalue weighted by Gasteiger charge is 2.15. The van der Waals surface area contributed by atoms with E-state index in [1.165, 1.54) is 35.4 Å². The van der Waals surface area contributed by atoms with Gasteiger partial charge in [-0.15, -0.1) is 16.4 Å². The van der Waals surface area contributed by atoms with E-state index in [-0.39, 0.29) is 5.78 Å². The van der Waals surface area contributed by atoms with Gasteiger partial charge in [0.25, 0.3) is 0 Å². The summed E-state index contributed by atoms with van der Waals surface area (Å²) >= 11 is 1.44. The van der Waals surface area contributed by atoms with Crippen LogP contribution in [-0.4, -0.2) is 30.7 Å². The fourth-order valence-corrected chi connectivity index (χ4v) is 4.17. The average Bonchev–Trinajstić information content (AvgIpc) is 3.29. The third-order valence-corrected chi connectivity index (χ3v) is 5.81. The van der Waals surface area contributed by atoms with Gasteiger partial charge in [0.1, 0.15) is 11.5 Å². The topological polar surface area (TPSA) is 73.6 Å². The minimum absolute atomic E-state index is 0.0774. The van der Waals surface area contributed by atoms with E-state index in [0.29, 0.717) is 6.54 Å². The molecule has 6 nitrogen and oxygen atoms in total. The SMILES string of the molecule is CC(=O)c1cc(-c2cn(CCc3nc(C)c4c(n3)CCCC4)nn2)cs1. The first kappa shape index (κ1) is 17.0. The second-order valence-corrected chi connectivity index (χ2v) is 7.64. The second kappa shape index (κ2) is 7.07. The quantitative estimate of drug-likeness (QED) is 0.646. The van der Waals surface area contributed by atoms with Crippen molar-refractivity contribution >= 4 is 17.1 Å². The fourth-order valence-electron chi connectivity index (χ4n) is 3.37. The molecule has 0 amide bonds. The highest BCUT2D eigenvalue weighted by molar-refractivity contribution is 7.12. The molecule has 134 valence electrons. The van der Waals surface area contributed by atoms with Crippen LogP contribution in [-0.2, 0) is 25.8 Å². The monoisotopic (exact) mass is 367 g/mol. The Morgan fingerprint density at radius 3 is 2.92 bits per heavy atom. The van der Waals surface area contributed by atoms with Crippen LogP contribution in [0.1, 0.15) is 52.2 Å². The molecule has 0 saturated carbocycles. The summed E-state index contributed by atoms with van der Waals surface area (Å²) in [6.45, 7) is 4.36. The molecule has 0 unspecified atom stereocenters. The lowest BCUT2D eigenvalue weighted by Gasteiger charge is -2.17. The smallest absolute Gasteiger partial charge is 0.169 e. The predicted octanol–water partition coefficient (Wildman–Crippen LogP) is 3.43. The number of nitrogens with zero attached hydrogens (tertiary/aromatic N) is 5. The van der Waals surface area contributed by atoms with Gasteiger partial charge in [0.15, 0.2) is 5.78 Å². The van der Waals surface area contributed by atoms with Gasteiger partial charge in [-0.1, -0.05) is 5.21 Å². The molecule has 0 spiro atoms. The first-order valence-electron chi connectivity index (χ1n) is 8.95. The van der Waals surface area contributed by atoms with Crippen molar-refractivity contribution in [3.05, 3.63) is 45.3 Å². The van der Waals surface area contributed by atoms with Crippen LogP contribution in [0.3, 0.4) is 0 Å². The van der Waals surface area contributed by atoms with Gasteiger partial charge in [-0.3, -0.25) is 9.48 Å². The third-order valence-electron chi connectivity index (χ3n) is 4.78. The normalized spacial score (nSPS) is 13.6. The third kappa shape index (κ3) is 3.44. The van der Waals surface area contributed by atoms with Gasteiger partial charge in [0, 0.05) is 35.3 Å². The molecule has 4 rings (SSSR count). The molecule has 3 aromatic rings. The number of aryl methyl sites for hydroxylation is 4. The molecular formula is C19H21N5OS. The molecule has 3 heterocycles. The van der Waals surface area contributed by atoms with Crippen molar-refractivity contribution in [2.45, 2.75) is 52.5 Å². The summed E-state index contributed by atoms with van der Waals surface area (Å²) in [4.78, 5) is 21.6. The molecule has 0 saturated heterocycles. The largest absolute Gasteiger partial charge is 0.294 e. The summed E-state index contributed by atoms with van der Waals surface area (Å²) in [7, 11) is 0. The molecule has 0 atom stereocenters. The Morgan fingerprint density at radius 1 is 1.27 bits per heavy atom. The maximum absolute atomic E-state index is 11.4. The maximum atomic E-state index is 11.4. The van der Waals surface area contributed by atoms with Crippen LogP contribution in [0.15, 0.2) is 17.6 Å². The number of ketones is 1. The number of Topliss-reactive ketones (excluding diaryl/α,β-unsaturated/α-hetero) is 1. The van der Waals surface area contributed by atoms with Crippen molar-refractivity contribution < 1.29 is 4.79 Å². The molecular weight excluding hydrogens is 346 g/mol. The van der Waals surface area contributed by atoms with Gasteiger partial charge < -0.3 is 0 Å². The average molecular weight is 367 g/mol. The van der Waals surface area contributed by atoms with Crippen LogP contribution in [0, 0.1) is 6.92 Å². The number of fused-ring (bicyclic) bond motifs is 1. The van der Waals surface area contributed by atoms with E-state index < -0.39 is 0 Å². The standard InChI is InChI=1S/C19H21N5OS/c1-12-15-5-3-4-6-16(15)21-19(20-12)7-8-24-10-17(22-23-24)14-9-18(13(2)25)26-11-14/h9-11H,3-8H2,1-2H3. The predicted molar refractivity (Wildman–Crippen MR) is 100 cm³/mol. The van der Waals surface area contributed by atoms with Gasteiger partial charge >= 0.3 is 0 Å². The maximum Gasteiger partial charge on any atom is 0.169 e. The molecule has 1 aliphatic carbocycles. The van der Waals surface area contributed by atoms with Crippen LogP contribution in [0.25, 0.3) is 11.3 Å². The molecule has 0 fully saturated rings. The number of carbonyl (C=O) groups is 1. The summed E-state index contributed by atoms with van der Waals surface area (Å²) in [6, 6.07) is 1.87. The molecule has 26 heavy (non-hydrogen) atoms. The van der Waals surface area contributed by atoms with Crippen LogP contribution >= 0.6 is 11.3 Å². The van der Waals surface area contributed by atoms with Gasteiger partial charge in [-0.05, 0) is 51.2 Å². The van der Waals surface area contributed by atoms with Crippen molar-refractivity contribution in [1.82, 2.24) is 25.0 Å². The zero-order valence-electron chi connectivity index (χ0n) is 15.0. The van der Waals surface area contributed by atoms with Crippen molar-refractivity contribution in [1.29, 1.82) is 0 Å². The van der Waals surface area contributed by atoms with E-state index in [1.807, 2.05) is 22.3 Å². The fraction of sp³-hybridized carbons (Fsp3) is 0.421. The van der Waals surface area contributed by atoms with Gasteiger partial charge in [-0.25, -0.2) is 9.97 Å². The Labute approximate surface area is 156 Å². The summed E-state index contributed by atoms with van der Waals surface area (Å²) < 4.78 is 1.82. The number of carbonyl (C=O) groups excluding carboxylic acids is 1. The van der Waals surface area contributed by atoms with Crippen molar-refractivity contribution in [3.63, 3.8) is 0 Å². The van der Waals surface area contributed by atoms with E-state index in [2.05, 4.69) is 22.2 Å². The lowest BCUT2D eigenvalue weighted by atomic mass is 9.95. The first-order valence-corrected chi connectivity index (χ1v) is 9.83. The first-order chi connectivity index (χ1) is 12.6. The molecule has 0 bridgehead atoms. The van der Waals surface area contributed by atoms with E-state index in [1.54, 1.807) is 6.92 Å². The Kier molecular flexibility index (Phi) is 4.63. The number of aromatic nitrogens is 5. The second-order valence-electron chi connectivity index (χ2n) is 6.73. The van der Waals surface area contributed by atoms with Crippen LogP contribution in [0.2, 0.25) is 0 Å². The Hall–Kier alpha value is -2.41. The molecule has 3 aromatic heterocycles. The number of hydrogen-bond donors (Lipinski definition) is 0. The number of hydrogen-bond acceptors (Lipinski definition) is 6. The molecule has 0 aromatic carbocycles. The minimum atomic E-state index is 0.0774. The summed E-state index contributed by atoms with van der Waals surface area (Å²) in [5.74, 6) is 0.961. The highest BCUT2D eigenvalue weighted by Crippen LogP contribution is 2.24. The van der Waals surface area contributed by atoms with Crippen molar-refractivity contribution in [2.75, 3.05) is 0 Å². The highest BCUT2D eigenvalue weighted by atomic mass is 32.1. The summed E-state index contributed by atoms with van der Waals surface area (Å²) in [6.07, 6.45) is 7.29. The molecule has 0 N–H and O–H groups in total.